The third-order valence-corrected chi connectivity index (χ3v) is 4.20. The van der Waals surface area contributed by atoms with Crippen LogP contribution < -0.4 is 0 Å². The second-order valence-corrected chi connectivity index (χ2v) is 5.48. The van der Waals surface area contributed by atoms with Crippen molar-refractivity contribution < 1.29 is 14.6 Å². The van der Waals surface area contributed by atoms with Gasteiger partial charge in [-0.25, -0.2) is 4.79 Å². The van der Waals surface area contributed by atoms with Crippen LogP contribution in [0.1, 0.15) is 35.0 Å². The lowest BCUT2D eigenvalue weighted by atomic mass is 10.0. The highest BCUT2D eigenvalue weighted by atomic mass is 79.9. The van der Waals surface area contributed by atoms with Crippen LogP contribution in [0.5, 0.6) is 0 Å². The lowest BCUT2D eigenvalue weighted by Crippen LogP contribution is -2.08. The van der Waals surface area contributed by atoms with Crippen LogP contribution in [0.2, 0.25) is 0 Å². The van der Waals surface area contributed by atoms with E-state index in [1.165, 1.54) is 0 Å². The number of aliphatic hydroxyl groups is 1. The lowest BCUT2D eigenvalue weighted by molar-refractivity contribution is 0.0519. The topological polar surface area (TPSA) is 62.3 Å². The van der Waals surface area contributed by atoms with E-state index in [0.717, 1.165) is 26.5 Å². The van der Waals surface area contributed by atoms with Gasteiger partial charge in [0.15, 0.2) is 0 Å². The van der Waals surface area contributed by atoms with Crippen molar-refractivity contribution in [2.24, 2.45) is 0 Å². The molecule has 0 amide bonds. The van der Waals surface area contributed by atoms with Gasteiger partial charge in [0.25, 0.3) is 0 Å². The molecule has 108 valence electrons. The maximum absolute atomic E-state index is 12.1. The Morgan fingerprint density at radius 1 is 1.45 bits per heavy atom. The first-order chi connectivity index (χ1) is 9.60. The van der Waals surface area contributed by atoms with Crippen molar-refractivity contribution >= 4 is 32.8 Å². The number of ether oxygens (including phenoxy) is 1. The summed E-state index contributed by atoms with van der Waals surface area (Å²) in [7, 11) is 0. The third kappa shape index (κ3) is 2.74. The van der Waals surface area contributed by atoms with E-state index >= 15 is 0 Å². The molecule has 2 N–H and O–H groups in total. The number of halogens is 1. The van der Waals surface area contributed by atoms with Crippen LogP contribution in [0, 0.1) is 6.92 Å². The van der Waals surface area contributed by atoms with E-state index in [9.17, 15) is 4.79 Å². The summed E-state index contributed by atoms with van der Waals surface area (Å²) < 4.78 is 6.10. The van der Waals surface area contributed by atoms with Crippen LogP contribution in [-0.2, 0) is 11.2 Å². The number of aliphatic hydroxyl groups excluding tert-OH is 1. The average Bonchev–Trinajstić information content (AvgIpc) is 2.80. The number of rotatable bonds is 5. The van der Waals surface area contributed by atoms with Crippen molar-refractivity contribution in [1.29, 1.82) is 0 Å². The van der Waals surface area contributed by atoms with Gasteiger partial charge >= 0.3 is 5.97 Å². The molecule has 0 aliphatic carbocycles. The number of benzene rings is 1. The number of aryl methyl sites for hydroxylation is 2. The van der Waals surface area contributed by atoms with E-state index in [0.29, 0.717) is 25.1 Å². The highest BCUT2D eigenvalue weighted by Gasteiger charge is 2.19. The fourth-order valence-corrected chi connectivity index (χ4v) is 2.66. The molecule has 0 aliphatic heterocycles. The average molecular weight is 340 g/mol. The minimum atomic E-state index is -0.341. The summed E-state index contributed by atoms with van der Waals surface area (Å²) in [6.07, 6.45) is 1.26. The zero-order valence-electron chi connectivity index (χ0n) is 11.6. The number of carbonyl (C=O) groups excluding carboxylic acids is 1. The molecule has 0 atom stereocenters. The summed E-state index contributed by atoms with van der Waals surface area (Å²) >= 11 is 3.49. The van der Waals surface area contributed by atoms with E-state index < -0.39 is 0 Å². The summed E-state index contributed by atoms with van der Waals surface area (Å²) in [5.41, 5.74) is 3.42. The molecule has 0 bridgehead atoms. The van der Waals surface area contributed by atoms with Gasteiger partial charge in [-0.15, -0.1) is 0 Å². The number of fused-ring (bicyclic) bond motifs is 1. The fraction of sp³-hybridized carbons (Fsp3) is 0.400. The molecule has 0 radical (unpaired) electrons. The number of esters is 1. The van der Waals surface area contributed by atoms with Gasteiger partial charge in [-0.3, -0.25) is 0 Å². The van der Waals surface area contributed by atoms with Crippen molar-refractivity contribution in [2.75, 3.05) is 13.2 Å². The van der Waals surface area contributed by atoms with Gasteiger partial charge in [0.05, 0.1) is 12.1 Å². The second kappa shape index (κ2) is 6.41. The largest absolute Gasteiger partial charge is 0.461 e. The second-order valence-electron chi connectivity index (χ2n) is 4.62. The first-order valence-electron chi connectivity index (χ1n) is 6.67. The zero-order valence-corrected chi connectivity index (χ0v) is 13.2. The fourth-order valence-electron chi connectivity index (χ4n) is 2.33. The van der Waals surface area contributed by atoms with E-state index in [2.05, 4.69) is 20.9 Å². The predicted octanol–water partition coefficient (Wildman–Crippen LogP) is 3.34. The van der Waals surface area contributed by atoms with Crippen LogP contribution >= 0.6 is 15.9 Å². The molecule has 20 heavy (non-hydrogen) atoms. The molecular weight excluding hydrogens is 322 g/mol. The van der Waals surface area contributed by atoms with E-state index in [1.54, 1.807) is 6.92 Å². The van der Waals surface area contributed by atoms with Gasteiger partial charge in [-0.1, -0.05) is 22.0 Å². The smallest absolute Gasteiger partial charge is 0.355 e. The van der Waals surface area contributed by atoms with Crippen LogP contribution in [0.4, 0.5) is 0 Å². The SMILES string of the molecule is CCOC(=O)c1[nH]c2c(C)c(Br)ccc2c1CCCO. The first-order valence-corrected chi connectivity index (χ1v) is 7.47. The summed E-state index contributed by atoms with van der Waals surface area (Å²) in [5, 5.41) is 10.1. The highest BCUT2D eigenvalue weighted by Crippen LogP contribution is 2.30. The minimum Gasteiger partial charge on any atom is -0.461 e. The monoisotopic (exact) mass is 339 g/mol. The number of nitrogens with one attached hydrogen (secondary N) is 1. The summed E-state index contributed by atoms with van der Waals surface area (Å²) in [6, 6.07) is 3.96. The molecule has 1 aromatic carbocycles. The molecule has 5 heteroatoms. The molecule has 4 nitrogen and oxygen atoms in total. The molecule has 0 spiro atoms. The zero-order chi connectivity index (χ0) is 14.7. The van der Waals surface area contributed by atoms with Gasteiger partial charge in [0.2, 0.25) is 0 Å². The Morgan fingerprint density at radius 3 is 2.85 bits per heavy atom. The molecule has 1 aromatic heterocycles. The first kappa shape index (κ1) is 15.1. The standard InChI is InChI=1S/C15H18BrNO3/c1-3-20-15(19)14-10(5-4-8-18)11-6-7-12(16)9(2)13(11)17-14/h6-7,17-18H,3-5,8H2,1-2H3. The Kier molecular flexibility index (Phi) is 4.83. The predicted molar refractivity (Wildman–Crippen MR) is 82.1 cm³/mol. The number of hydrogen-bond acceptors (Lipinski definition) is 3. The summed E-state index contributed by atoms with van der Waals surface area (Å²) in [4.78, 5) is 15.2. The number of hydrogen-bond donors (Lipinski definition) is 2. The normalized spacial score (nSPS) is 11.0. The molecule has 0 unspecified atom stereocenters. The minimum absolute atomic E-state index is 0.102. The Morgan fingerprint density at radius 2 is 2.20 bits per heavy atom. The Bertz CT molecular complexity index is 634. The molecule has 1 heterocycles. The number of aromatic amines is 1. The molecular formula is C15H18BrNO3. The third-order valence-electron chi connectivity index (χ3n) is 3.34. The molecule has 0 aliphatic rings. The van der Waals surface area contributed by atoms with Crippen molar-refractivity contribution in [3.63, 3.8) is 0 Å². The van der Waals surface area contributed by atoms with Crippen LogP contribution in [0.15, 0.2) is 16.6 Å². The molecule has 0 fully saturated rings. The summed E-state index contributed by atoms with van der Waals surface area (Å²) in [6.45, 7) is 4.23. The van der Waals surface area contributed by atoms with Gasteiger partial charge in [0, 0.05) is 16.5 Å². The number of carbonyl (C=O) groups is 1. The van der Waals surface area contributed by atoms with Crippen molar-refractivity contribution in [1.82, 2.24) is 4.98 Å². The summed E-state index contributed by atoms with van der Waals surface area (Å²) in [5.74, 6) is -0.341. The van der Waals surface area contributed by atoms with Crippen LogP contribution in [-0.4, -0.2) is 29.3 Å². The van der Waals surface area contributed by atoms with E-state index in [-0.39, 0.29) is 12.6 Å². The van der Waals surface area contributed by atoms with Gasteiger partial charge < -0.3 is 14.8 Å². The van der Waals surface area contributed by atoms with Crippen molar-refractivity contribution in [3.8, 4) is 0 Å². The number of aromatic nitrogens is 1. The molecule has 2 aromatic rings. The van der Waals surface area contributed by atoms with Gasteiger partial charge in [0.1, 0.15) is 5.69 Å². The highest BCUT2D eigenvalue weighted by molar-refractivity contribution is 9.10. The Labute approximate surface area is 126 Å². The maximum atomic E-state index is 12.1. The Balaban J connectivity index is 2.59. The quantitative estimate of drug-likeness (QED) is 0.821. The van der Waals surface area contributed by atoms with E-state index in [1.807, 2.05) is 19.1 Å². The van der Waals surface area contributed by atoms with Crippen LogP contribution in [0.25, 0.3) is 10.9 Å². The molecule has 2 rings (SSSR count). The van der Waals surface area contributed by atoms with Gasteiger partial charge in [-0.2, -0.15) is 0 Å². The molecule has 0 saturated carbocycles. The van der Waals surface area contributed by atoms with Crippen molar-refractivity contribution in [3.05, 3.63) is 33.4 Å². The lowest BCUT2D eigenvalue weighted by Gasteiger charge is -2.04. The van der Waals surface area contributed by atoms with E-state index in [4.69, 9.17) is 9.84 Å². The van der Waals surface area contributed by atoms with Crippen LogP contribution in [0.3, 0.4) is 0 Å². The Hall–Kier alpha value is -1.33. The molecule has 0 saturated heterocycles. The van der Waals surface area contributed by atoms with Crippen molar-refractivity contribution in [2.45, 2.75) is 26.7 Å². The number of H-pyrrole nitrogens is 1. The van der Waals surface area contributed by atoms with Gasteiger partial charge in [-0.05, 0) is 43.9 Å². The maximum Gasteiger partial charge on any atom is 0.355 e.